The van der Waals surface area contributed by atoms with E-state index in [4.69, 9.17) is 13.3 Å². The maximum absolute atomic E-state index is 5.55. The zero-order valence-electron chi connectivity index (χ0n) is 21.7. The van der Waals surface area contributed by atoms with E-state index >= 15 is 0 Å². The minimum Gasteiger partial charge on any atom is -0.377 e. The molecule has 0 atom stereocenters. The predicted octanol–water partition coefficient (Wildman–Crippen LogP) is 7.27. The van der Waals surface area contributed by atoms with Crippen LogP contribution in [0.4, 0.5) is 0 Å². The highest BCUT2D eigenvalue weighted by atomic mass is 28.4. The molecular weight excluding hydrogens is 414 g/mol. The van der Waals surface area contributed by atoms with E-state index in [-0.39, 0.29) is 0 Å². The fourth-order valence-corrected chi connectivity index (χ4v) is 6.20. The lowest BCUT2D eigenvalue weighted by molar-refractivity contribution is -0.704. The van der Waals surface area contributed by atoms with Crippen molar-refractivity contribution in [2.75, 3.05) is 21.3 Å². The van der Waals surface area contributed by atoms with Gasteiger partial charge in [0.2, 0.25) is 0 Å². The van der Waals surface area contributed by atoms with Crippen molar-refractivity contribution < 1.29 is 17.8 Å². The molecule has 0 aliphatic carbocycles. The Labute approximate surface area is 200 Å². The summed E-state index contributed by atoms with van der Waals surface area (Å²) in [5.74, 6) is 0. The average Bonchev–Trinajstić information content (AvgIpc) is 2.83. The molecular formula is C27H52NO3Si+. The fourth-order valence-electron chi connectivity index (χ4n) is 4.48. The van der Waals surface area contributed by atoms with Crippen molar-refractivity contribution in [3.8, 4) is 0 Å². The summed E-state index contributed by atoms with van der Waals surface area (Å²) < 4.78 is 19.1. The Balaban J connectivity index is 2.10. The van der Waals surface area contributed by atoms with Crippen molar-refractivity contribution in [1.82, 2.24) is 0 Å². The summed E-state index contributed by atoms with van der Waals surface area (Å²) in [5.41, 5.74) is 1.40. The van der Waals surface area contributed by atoms with Gasteiger partial charge in [0, 0.05) is 52.3 Å². The number of hydrogen-bond donors (Lipinski definition) is 0. The topological polar surface area (TPSA) is 31.6 Å². The van der Waals surface area contributed by atoms with Crippen molar-refractivity contribution >= 4 is 8.80 Å². The third-order valence-corrected chi connectivity index (χ3v) is 9.47. The number of aryl methyl sites for hydroxylation is 2. The third kappa shape index (κ3) is 13.1. The van der Waals surface area contributed by atoms with Crippen LogP contribution >= 0.6 is 0 Å². The molecule has 186 valence electrons. The first-order valence-electron chi connectivity index (χ1n) is 13.3. The third-order valence-electron chi connectivity index (χ3n) is 6.64. The molecule has 0 bridgehead atoms. The molecule has 0 N–H and O–H groups in total. The van der Waals surface area contributed by atoms with Gasteiger partial charge in [-0.1, -0.05) is 90.0 Å². The van der Waals surface area contributed by atoms with Gasteiger partial charge in [0.15, 0.2) is 11.9 Å². The second-order valence-electron chi connectivity index (χ2n) is 9.13. The lowest BCUT2D eigenvalue weighted by atomic mass is 10.0. The second kappa shape index (κ2) is 19.7. The summed E-state index contributed by atoms with van der Waals surface area (Å²) >= 11 is 0. The predicted molar refractivity (Wildman–Crippen MR) is 137 cm³/mol. The van der Waals surface area contributed by atoms with E-state index in [0.29, 0.717) is 0 Å². The Morgan fingerprint density at radius 1 is 0.656 bits per heavy atom. The van der Waals surface area contributed by atoms with Gasteiger partial charge in [-0.3, -0.25) is 0 Å². The molecule has 0 radical (unpaired) electrons. The lowest BCUT2D eigenvalue weighted by Crippen LogP contribution is -2.43. The molecule has 0 fully saturated rings. The molecule has 1 rings (SSSR count). The van der Waals surface area contributed by atoms with Crippen LogP contribution in [-0.2, 0) is 26.2 Å². The van der Waals surface area contributed by atoms with Crippen molar-refractivity contribution in [3.63, 3.8) is 0 Å². The van der Waals surface area contributed by atoms with E-state index in [1.807, 2.05) is 0 Å². The van der Waals surface area contributed by atoms with E-state index in [2.05, 4.69) is 35.9 Å². The van der Waals surface area contributed by atoms with Crippen molar-refractivity contribution in [2.24, 2.45) is 0 Å². The zero-order chi connectivity index (χ0) is 23.3. The zero-order valence-corrected chi connectivity index (χ0v) is 22.7. The normalized spacial score (nSPS) is 11.9. The van der Waals surface area contributed by atoms with Crippen molar-refractivity contribution in [1.29, 1.82) is 0 Å². The molecule has 1 aromatic heterocycles. The number of hydrogen-bond acceptors (Lipinski definition) is 3. The van der Waals surface area contributed by atoms with Crippen LogP contribution in [0, 0.1) is 0 Å². The maximum Gasteiger partial charge on any atom is 0.500 e. The quantitative estimate of drug-likeness (QED) is 0.102. The molecule has 0 aliphatic rings. The second-order valence-corrected chi connectivity index (χ2v) is 12.2. The van der Waals surface area contributed by atoms with Gasteiger partial charge >= 0.3 is 8.80 Å². The molecule has 1 heterocycles. The van der Waals surface area contributed by atoms with Crippen LogP contribution in [0.15, 0.2) is 24.4 Å². The number of unbranched alkanes of at least 4 members (excludes halogenated alkanes) is 13. The molecule has 32 heavy (non-hydrogen) atoms. The first-order chi connectivity index (χ1) is 15.7. The molecule has 0 aliphatic heterocycles. The van der Waals surface area contributed by atoms with Crippen LogP contribution in [0.2, 0.25) is 6.04 Å². The number of aromatic nitrogens is 1. The van der Waals surface area contributed by atoms with Crippen LogP contribution in [0.25, 0.3) is 0 Å². The molecule has 0 amide bonds. The van der Waals surface area contributed by atoms with Gasteiger partial charge in [0.05, 0.1) is 0 Å². The Hall–Kier alpha value is -0.753. The number of pyridine rings is 1. The molecule has 0 spiro atoms. The average molecular weight is 467 g/mol. The van der Waals surface area contributed by atoms with Crippen LogP contribution in [0.5, 0.6) is 0 Å². The van der Waals surface area contributed by atoms with Crippen molar-refractivity contribution in [2.45, 2.75) is 122 Å². The molecule has 0 saturated carbocycles. The van der Waals surface area contributed by atoms with E-state index in [1.165, 1.54) is 95.6 Å². The van der Waals surface area contributed by atoms with Crippen LogP contribution < -0.4 is 4.57 Å². The van der Waals surface area contributed by atoms with Gasteiger partial charge in [0.25, 0.3) is 0 Å². The van der Waals surface area contributed by atoms with Gasteiger partial charge in [-0.05, 0) is 12.8 Å². The van der Waals surface area contributed by atoms with Gasteiger partial charge < -0.3 is 13.3 Å². The van der Waals surface area contributed by atoms with E-state index < -0.39 is 8.80 Å². The van der Waals surface area contributed by atoms with Gasteiger partial charge in [-0.25, -0.2) is 4.57 Å². The molecule has 4 nitrogen and oxygen atoms in total. The molecule has 0 aromatic carbocycles. The highest BCUT2D eigenvalue weighted by molar-refractivity contribution is 6.60. The SMILES string of the molecule is CCCCCCCCCCCCCCCC[n+]1ccccc1CCC[Si](OC)(OC)OC. The summed E-state index contributed by atoms with van der Waals surface area (Å²) in [6, 6.07) is 7.39. The highest BCUT2D eigenvalue weighted by Crippen LogP contribution is 2.17. The van der Waals surface area contributed by atoms with Gasteiger partial charge in [-0.2, -0.15) is 0 Å². The van der Waals surface area contributed by atoms with E-state index in [9.17, 15) is 0 Å². The van der Waals surface area contributed by atoms with Crippen LogP contribution in [0.3, 0.4) is 0 Å². The minimum atomic E-state index is -2.46. The number of rotatable bonds is 22. The fraction of sp³-hybridized carbons (Fsp3) is 0.815. The van der Waals surface area contributed by atoms with Crippen molar-refractivity contribution in [3.05, 3.63) is 30.1 Å². The van der Waals surface area contributed by atoms with Gasteiger partial charge in [0.1, 0.15) is 6.54 Å². The standard InChI is InChI=1S/C27H52NO3Si/c1-5-6-7-8-9-10-11-12-13-14-15-16-17-19-24-28-25-20-18-22-27(28)23-21-26-32(29-2,30-3)31-4/h18,20,22,25H,5-17,19,21,23-24,26H2,1-4H3/q+1. The summed E-state index contributed by atoms with van der Waals surface area (Å²) in [6.07, 6.45) is 24.0. The molecule has 5 heteroatoms. The summed E-state index contributed by atoms with van der Waals surface area (Å²) in [5, 5.41) is 0. The largest absolute Gasteiger partial charge is 0.500 e. The summed E-state index contributed by atoms with van der Waals surface area (Å²) in [6.45, 7) is 3.41. The monoisotopic (exact) mass is 466 g/mol. The number of nitrogens with zero attached hydrogens (tertiary/aromatic N) is 1. The Bertz CT molecular complexity index is 543. The lowest BCUT2D eigenvalue weighted by Gasteiger charge is -2.23. The van der Waals surface area contributed by atoms with E-state index in [1.54, 1.807) is 21.3 Å². The summed E-state index contributed by atoms with van der Waals surface area (Å²) in [4.78, 5) is 0. The summed E-state index contributed by atoms with van der Waals surface area (Å²) in [7, 11) is 2.62. The first kappa shape index (κ1) is 29.3. The Morgan fingerprint density at radius 2 is 1.16 bits per heavy atom. The minimum absolute atomic E-state index is 0.851. The maximum atomic E-state index is 5.55. The Kier molecular flexibility index (Phi) is 18.0. The highest BCUT2D eigenvalue weighted by Gasteiger charge is 2.37. The smallest absolute Gasteiger partial charge is 0.377 e. The van der Waals surface area contributed by atoms with Crippen LogP contribution in [0.1, 0.15) is 109 Å². The van der Waals surface area contributed by atoms with Gasteiger partial charge in [-0.15, -0.1) is 0 Å². The molecule has 0 unspecified atom stereocenters. The molecule has 1 aromatic rings. The van der Waals surface area contributed by atoms with E-state index in [0.717, 1.165) is 25.4 Å². The molecule has 0 saturated heterocycles. The Morgan fingerprint density at radius 3 is 1.66 bits per heavy atom. The van der Waals surface area contributed by atoms with Crippen LogP contribution in [-0.4, -0.2) is 30.1 Å². The first-order valence-corrected chi connectivity index (χ1v) is 15.3.